The van der Waals surface area contributed by atoms with Crippen molar-refractivity contribution in [3.8, 4) is 34.5 Å². The lowest BCUT2D eigenvalue weighted by molar-refractivity contribution is 0.248. The summed E-state index contributed by atoms with van der Waals surface area (Å²) in [6.07, 6.45) is 0. The molecule has 0 spiro atoms. The summed E-state index contributed by atoms with van der Waals surface area (Å²) in [7, 11) is 19.9. The molecule has 12 amide bonds. The number of benzene rings is 12. The highest BCUT2D eigenvalue weighted by Gasteiger charge is 2.25. The van der Waals surface area contributed by atoms with Gasteiger partial charge >= 0.3 is 36.2 Å². The Morgan fingerprint density at radius 1 is 0.266 bits per heavy atom. The summed E-state index contributed by atoms with van der Waals surface area (Å²) in [4.78, 5) is 80.7. The highest BCUT2D eigenvalue weighted by Crippen LogP contribution is 2.38. The van der Waals surface area contributed by atoms with Crippen LogP contribution in [0.1, 0.15) is 139 Å². The van der Waals surface area contributed by atoms with Crippen molar-refractivity contribution < 1.29 is 61.6 Å². The molecule has 0 atom stereocenters. The number of aryl methyl sites for hydroxylation is 19. The Hall–Kier alpha value is -13.5. The fourth-order valence-electron chi connectivity index (χ4n) is 15.3. The van der Waals surface area contributed by atoms with Crippen LogP contribution in [0.2, 0.25) is 5.02 Å². The summed E-state index contributed by atoms with van der Waals surface area (Å²) in [5.41, 5.74) is 31.8. The molecule has 762 valence electrons. The summed E-state index contributed by atoms with van der Waals surface area (Å²) >= 11 is 12.2. The molecular formula is C115H142BrClFIN12O12. The Morgan fingerprint density at radius 2 is 0.497 bits per heavy atom. The number of amides is 12. The van der Waals surface area contributed by atoms with Gasteiger partial charge in [-0.25, -0.2) is 33.2 Å². The van der Waals surface area contributed by atoms with Crippen molar-refractivity contribution in [3.05, 3.63) is 346 Å². The number of urea groups is 6. The number of carbonyl (C=O) groups excluding carboxylic acids is 6. The Morgan fingerprint density at radius 3 is 0.839 bits per heavy atom. The highest BCUT2D eigenvalue weighted by atomic mass is 127. The molecule has 0 aliphatic rings. The molecule has 0 heterocycles. The molecule has 24 nitrogen and oxygen atoms in total. The maximum absolute atomic E-state index is 14.3. The molecule has 28 heteroatoms. The minimum atomic E-state index is -0.398. The third-order valence-corrected chi connectivity index (χ3v) is 27.1. The monoisotopic (exact) mass is 2140 g/mol. The second-order valence-electron chi connectivity index (χ2n) is 35.3. The van der Waals surface area contributed by atoms with Crippen LogP contribution in [0.25, 0.3) is 0 Å². The molecule has 12 aromatic rings. The van der Waals surface area contributed by atoms with Gasteiger partial charge in [-0.3, -0.25) is 29.4 Å². The second kappa shape index (κ2) is 55.2. The summed E-state index contributed by atoms with van der Waals surface area (Å²) in [5, 5.41) is 16.3. The summed E-state index contributed by atoms with van der Waals surface area (Å²) in [6, 6.07) is 59.3. The summed E-state index contributed by atoms with van der Waals surface area (Å²) in [6.45, 7) is 41.1. The number of rotatable bonds is 24. The van der Waals surface area contributed by atoms with E-state index in [2.05, 4.69) is 208 Å². The molecule has 0 radical (unpaired) electrons. The van der Waals surface area contributed by atoms with Crippen LogP contribution in [0.5, 0.6) is 34.5 Å². The van der Waals surface area contributed by atoms with Crippen molar-refractivity contribution in [2.24, 2.45) is 0 Å². The van der Waals surface area contributed by atoms with Crippen molar-refractivity contribution in [2.45, 2.75) is 171 Å². The molecule has 0 saturated heterocycles. The molecule has 12 rings (SSSR count). The van der Waals surface area contributed by atoms with E-state index in [1.54, 1.807) is 115 Å². The molecule has 0 aliphatic heterocycles. The van der Waals surface area contributed by atoms with Gasteiger partial charge in [-0.2, -0.15) is 0 Å². The molecule has 0 unspecified atom stereocenters. The van der Waals surface area contributed by atoms with Crippen LogP contribution < -0.4 is 89.7 Å². The summed E-state index contributed by atoms with van der Waals surface area (Å²) < 4.78 is 52.3. The predicted molar refractivity (Wildman–Crippen MR) is 596 cm³/mol. The lowest BCUT2D eigenvalue weighted by Gasteiger charge is -2.22. The Kier molecular flexibility index (Phi) is 45.0. The van der Waals surface area contributed by atoms with Gasteiger partial charge in [0.2, 0.25) is 0 Å². The van der Waals surface area contributed by atoms with Crippen LogP contribution in [0.15, 0.2) is 193 Å². The minimum Gasteiger partial charge on any atom is -0.489 e. The Bertz CT molecular complexity index is 5750. The fraction of sp³-hybridized carbons (Fsp3) is 0.322. The quantitative estimate of drug-likeness (QED) is 0.0309. The van der Waals surface area contributed by atoms with Crippen molar-refractivity contribution >= 4 is 120 Å². The lowest BCUT2D eigenvalue weighted by Crippen LogP contribution is -2.35. The SMILES string of the molecule is CNC(=O)N(C)c1cccc(Br)c1COc1cc(C)c(C)cc1C.CNC(=O)N(C)c1cccc(C)c1COc1cc(C)c(C)cc1C.CNC(=O)N(C)c1cccc(Cl)c1COc1cc(C)c(C)cc1C.CNC(=O)N(C)c1cccc(F)c1COc1cc(C)c(C)cc1C.CNC(=O)N(C)c1cccc(I)c1COc1cc(C)c(C)cc1C.CNC(=O)N(C)c1ccccc1COc1cc(C)c(C)cc1C. The number of anilines is 6. The minimum absolute atomic E-state index is 0.0483. The molecule has 6 N–H and O–H groups in total. The average molecular weight is 2150 g/mol. The number of para-hydroxylation sites is 1. The zero-order valence-electron chi connectivity index (χ0n) is 88.7. The zero-order chi connectivity index (χ0) is 106. The lowest BCUT2D eigenvalue weighted by atomic mass is 10.1. The molecule has 12 aromatic carbocycles. The van der Waals surface area contributed by atoms with E-state index in [-0.39, 0.29) is 42.8 Å². The smallest absolute Gasteiger partial charge is 0.321 e. The van der Waals surface area contributed by atoms with Gasteiger partial charge in [0, 0.05) is 131 Å². The van der Waals surface area contributed by atoms with E-state index in [0.717, 1.165) is 143 Å². The van der Waals surface area contributed by atoms with Crippen LogP contribution in [0, 0.1) is 141 Å². The van der Waals surface area contributed by atoms with Crippen LogP contribution >= 0.6 is 50.1 Å². The molecule has 0 aliphatic carbocycles. The van der Waals surface area contributed by atoms with Gasteiger partial charge in [-0.1, -0.05) is 119 Å². The average Bonchev–Trinajstić information content (AvgIpc) is 0.823. The maximum atomic E-state index is 14.3. The van der Waals surface area contributed by atoms with Gasteiger partial charge in [0.15, 0.2) is 0 Å². The van der Waals surface area contributed by atoms with Gasteiger partial charge in [0.1, 0.15) is 80.0 Å². The van der Waals surface area contributed by atoms with Gasteiger partial charge in [0.25, 0.3) is 0 Å². The molecule has 143 heavy (non-hydrogen) atoms. The fourth-order valence-corrected chi connectivity index (χ4v) is 16.6. The van der Waals surface area contributed by atoms with Crippen molar-refractivity contribution in [3.63, 3.8) is 0 Å². The molecule has 0 bridgehead atoms. The van der Waals surface area contributed by atoms with E-state index in [1.165, 1.54) is 84.1 Å². The zero-order valence-corrected chi connectivity index (χ0v) is 93.2. The van der Waals surface area contributed by atoms with Crippen LogP contribution in [0.4, 0.5) is 67.3 Å². The van der Waals surface area contributed by atoms with Crippen LogP contribution in [-0.4, -0.2) is 121 Å². The van der Waals surface area contributed by atoms with Gasteiger partial charge in [-0.15, -0.1) is 0 Å². The van der Waals surface area contributed by atoms with Gasteiger partial charge < -0.3 is 60.3 Å². The third kappa shape index (κ3) is 32.0. The number of hydrogen-bond donors (Lipinski definition) is 6. The van der Waals surface area contributed by atoms with Gasteiger partial charge in [0.05, 0.1) is 34.1 Å². The van der Waals surface area contributed by atoms with Crippen molar-refractivity contribution in [1.82, 2.24) is 31.9 Å². The van der Waals surface area contributed by atoms with E-state index >= 15 is 0 Å². The third-order valence-electron chi connectivity index (χ3n) is 25.0. The van der Waals surface area contributed by atoms with E-state index in [0.29, 0.717) is 49.3 Å². The largest absolute Gasteiger partial charge is 0.489 e. The highest BCUT2D eigenvalue weighted by molar-refractivity contribution is 14.1. The first kappa shape index (κ1) is 116. The predicted octanol–water partition coefficient (Wildman–Crippen LogP) is 26.3. The van der Waals surface area contributed by atoms with Gasteiger partial charge in [-0.05, 0) is 357 Å². The van der Waals surface area contributed by atoms with E-state index in [9.17, 15) is 33.2 Å². The number of carbonyl (C=O) groups is 6. The first-order chi connectivity index (χ1) is 67.7. The standard InChI is InChI=1S/C20H26N2O2.C19H23BrN2O2.C19H23ClN2O2.C19H23FN2O2.C19H23IN2O2.C19H24N2O2/c1-13-8-7-9-18(22(6)20(23)21-5)17(13)12-24-19-11-15(3)14(2)10-16(19)4;4*1-12-9-14(3)18(10-13(12)2)24-11-15-16(20)7-6-8-17(15)22(5)19(23)21-4;1-13-10-15(3)18(11-14(13)2)23-12-16-8-6-7-9-17(16)21(5)19(22)20-4/h7-11H,12H2,1-6H3,(H,21,23);4*6-10H,11H2,1-5H3,(H,21,23);6-11H,12H2,1-5H3,(H,20,22). The molecule has 0 aromatic heterocycles. The van der Waals surface area contributed by atoms with E-state index < -0.39 is 5.82 Å². The normalized spacial score (nSPS) is 10.4. The van der Waals surface area contributed by atoms with Crippen molar-refractivity contribution in [1.29, 1.82) is 0 Å². The summed E-state index contributed by atoms with van der Waals surface area (Å²) in [5.74, 6) is 4.65. The van der Waals surface area contributed by atoms with Crippen molar-refractivity contribution in [2.75, 3.05) is 114 Å². The van der Waals surface area contributed by atoms with E-state index in [4.69, 9.17) is 40.0 Å². The molecular weight excluding hydrogens is 2000 g/mol. The second-order valence-corrected chi connectivity index (χ2v) is 37.7. The topological polar surface area (TPSA) is 249 Å². The number of halogens is 4. The first-order valence-corrected chi connectivity index (χ1v) is 49.2. The first-order valence-electron chi connectivity index (χ1n) is 46.9. The van der Waals surface area contributed by atoms with E-state index in [1.807, 2.05) is 158 Å². The Labute approximate surface area is 873 Å². The maximum Gasteiger partial charge on any atom is 0.321 e. The molecule has 0 fully saturated rings. The number of ether oxygens (including phenoxy) is 6. The van der Waals surface area contributed by atoms with Crippen LogP contribution in [-0.2, 0) is 39.6 Å². The number of nitrogens with one attached hydrogen (secondary N) is 6. The molecule has 0 saturated carbocycles. The number of hydrogen-bond acceptors (Lipinski definition) is 12. The Balaban J connectivity index is 0.000000233. The van der Waals surface area contributed by atoms with Crippen LogP contribution in [0.3, 0.4) is 0 Å². The number of nitrogens with zero attached hydrogens (tertiary/aromatic N) is 6.